The Morgan fingerprint density at radius 1 is 1.00 bits per heavy atom. The summed E-state index contributed by atoms with van der Waals surface area (Å²) in [5, 5.41) is 0. The van der Waals surface area contributed by atoms with Crippen LogP contribution in [-0.2, 0) is 9.53 Å². The molecule has 3 heteroatoms. The Bertz CT molecular complexity index is 513. The van der Waals surface area contributed by atoms with E-state index < -0.39 is 6.10 Å². The van der Waals surface area contributed by atoms with Gasteiger partial charge in [-0.05, 0) is 37.8 Å². The maximum absolute atomic E-state index is 12.7. The largest absolute Gasteiger partial charge is 0.451 e. The summed E-state index contributed by atoms with van der Waals surface area (Å²) in [4.78, 5) is 24.8. The molecule has 1 aromatic rings. The first-order valence-corrected chi connectivity index (χ1v) is 8.02. The second-order valence-corrected chi connectivity index (χ2v) is 6.36. The van der Waals surface area contributed by atoms with Crippen molar-refractivity contribution < 1.29 is 14.3 Å². The van der Waals surface area contributed by atoms with Crippen molar-refractivity contribution in [3.63, 3.8) is 0 Å². The van der Waals surface area contributed by atoms with Crippen LogP contribution in [-0.4, -0.2) is 17.9 Å². The van der Waals surface area contributed by atoms with Gasteiger partial charge >= 0.3 is 5.97 Å². The minimum atomic E-state index is -0.532. The van der Waals surface area contributed by atoms with Crippen molar-refractivity contribution in [2.75, 3.05) is 0 Å². The molecule has 1 spiro atoms. The van der Waals surface area contributed by atoms with E-state index in [-0.39, 0.29) is 17.2 Å². The number of carbonyl (C=O) groups excluding carboxylic acids is 2. The number of ether oxygens (including phenoxy) is 1. The number of hydrogen-bond donors (Lipinski definition) is 0. The summed E-state index contributed by atoms with van der Waals surface area (Å²) in [7, 11) is 0. The number of rotatable bonds is 2. The fourth-order valence-electron chi connectivity index (χ4n) is 3.79. The highest BCUT2D eigenvalue weighted by Gasteiger charge is 2.48. The van der Waals surface area contributed by atoms with Gasteiger partial charge in [-0.2, -0.15) is 0 Å². The van der Waals surface area contributed by atoms with E-state index >= 15 is 0 Å². The quantitative estimate of drug-likeness (QED) is 0.774. The van der Waals surface area contributed by atoms with Crippen LogP contribution in [0.5, 0.6) is 0 Å². The van der Waals surface area contributed by atoms with Crippen molar-refractivity contribution in [3.8, 4) is 0 Å². The Kier molecular flexibility index (Phi) is 4.09. The first-order chi connectivity index (χ1) is 10.2. The van der Waals surface area contributed by atoms with E-state index in [0.29, 0.717) is 12.0 Å². The number of benzene rings is 1. The van der Waals surface area contributed by atoms with Crippen LogP contribution < -0.4 is 0 Å². The van der Waals surface area contributed by atoms with Crippen LogP contribution in [0.15, 0.2) is 30.3 Å². The molecule has 1 atom stereocenters. The number of ketones is 1. The van der Waals surface area contributed by atoms with Gasteiger partial charge in [-0.25, -0.2) is 4.79 Å². The third-order valence-corrected chi connectivity index (χ3v) is 5.02. The van der Waals surface area contributed by atoms with Crippen LogP contribution in [0.4, 0.5) is 0 Å². The third kappa shape index (κ3) is 2.87. The molecule has 3 nitrogen and oxygen atoms in total. The highest BCUT2D eigenvalue weighted by molar-refractivity contribution is 5.95. The fraction of sp³-hybridized carbons (Fsp3) is 0.556. The highest BCUT2D eigenvalue weighted by Crippen LogP contribution is 2.46. The number of carbonyl (C=O) groups is 2. The summed E-state index contributed by atoms with van der Waals surface area (Å²) in [6, 6.07) is 8.92. The summed E-state index contributed by atoms with van der Waals surface area (Å²) < 4.78 is 5.49. The van der Waals surface area contributed by atoms with Gasteiger partial charge in [-0.1, -0.05) is 43.9 Å². The molecule has 0 aliphatic heterocycles. The average Bonchev–Trinajstić information content (AvgIpc) is 2.71. The molecule has 0 heterocycles. The van der Waals surface area contributed by atoms with Crippen LogP contribution in [0.2, 0.25) is 0 Å². The van der Waals surface area contributed by atoms with E-state index in [9.17, 15) is 9.59 Å². The second-order valence-electron chi connectivity index (χ2n) is 6.36. The Morgan fingerprint density at radius 2 is 1.67 bits per heavy atom. The van der Waals surface area contributed by atoms with Crippen LogP contribution in [0, 0.1) is 5.41 Å². The molecule has 2 saturated carbocycles. The Hall–Kier alpha value is -1.64. The van der Waals surface area contributed by atoms with Crippen LogP contribution in [0.3, 0.4) is 0 Å². The lowest BCUT2D eigenvalue weighted by atomic mass is 9.78. The lowest BCUT2D eigenvalue weighted by Gasteiger charge is -2.25. The van der Waals surface area contributed by atoms with Crippen molar-refractivity contribution in [2.24, 2.45) is 5.41 Å². The van der Waals surface area contributed by atoms with Crippen molar-refractivity contribution in [2.45, 2.75) is 57.5 Å². The van der Waals surface area contributed by atoms with Crippen LogP contribution in [0.25, 0.3) is 0 Å². The summed E-state index contributed by atoms with van der Waals surface area (Å²) in [5.74, 6) is -0.201. The zero-order valence-corrected chi connectivity index (χ0v) is 12.3. The first-order valence-electron chi connectivity index (χ1n) is 8.02. The molecule has 0 bridgehead atoms. The Balaban J connectivity index is 1.68. The van der Waals surface area contributed by atoms with Gasteiger partial charge in [0.25, 0.3) is 0 Å². The zero-order valence-electron chi connectivity index (χ0n) is 12.3. The molecular weight excluding hydrogens is 264 g/mol. The molecule has 1 aromatic carbocycles. The second kappa shape index (κ2) is 6.00. The predicted molar refractivity (Wildman–Crippen MR) is 80.0 cm³/mol. The van der Waals surface area contributed by atoms with Gasteiger partial charge in [0.05, 0.1) is 5.56 Å². The van der Waals surface area contributed by atoms with Gasteiger partial charge < -0.3 is 4.74 Å². The molecular formula is C18H22O3. The molecule has 0 saturated heterocycles. The van der Waals surface area contributed by atoms with Gasteiger partial charge in [-0.15, -0.1) is 0 Å². The molecule has 2 aliphatic carbocycles. The summed E-state index contributed by atoms with van der Waals surface area (Å²) in [6.07, 6.45) is 7.71. The molecule has 0 amide bonds. The smallest absolute Gasteiger partial charge is 0.338 e. The lowest BCUT2D eigenvalue weighted by Crippen LogP contribution is -2.33. The Labute approximate surface area is 125 Å². The van der Waals surface area contributed by atoms with Gasteiger partial charge in [0.15, 0.2) is 11.9 Å². The minimum absolute atomic E-state index is 0.175. The standard InChI is InChI=1S/C18H22O3/c19-16-15(21-17(20)14-8-4-3-5-9-14)10-13-18(16)11-6-1-2-7-12-18/h3-5,8-9,15H,1-2,6-7,10-13H2. The monoisotopic (exact) mass is 286 g/mol. The zero-order chi connectivity index (χ0) is 14.7. The molecule has 21 heavy (non-hydrogen) atoms. The number of esters is 1. The average molecular weight is 286 g/mol. The maximum Gasteiger partial charge on any atom is 0.338 e. The van der Waals surface area contributed by atoms with E-state index in [1.54, 1.807) is 24.3 Å². The molecule has 112 valence electrons. The molecule has 0 N–H and O–H groups in total. The predicted octanol–water partition coefficient (Wildman–Crippen LogP) is 3.92. The summed E-state index contributed by atoms with van der Waals surface area (Å²) >= 11 is 0. The van der Waals surface area contributed by atoms with E-state index in [4.69, 9.17) is 4.74 Å². The number of hydrogen-bond acceptors (Lipinski definition) is 3. The van der Waals surface area contributed by atoms with Crippen molar-refractivity contribution in [3.05, 3.63) is 35.9 Å². The van der Waals surface area contributed by atoms with Gasteiger partial charge in [-0.3, -0.25) is 4.79 Å². The number of Topliss-reactive ketones (excluding diaryl/α,β-unsaturated/α-hetero) is 1. The topological polar surface area (TPSA) is 43.4 Å². The SMILES string of the molecule is O=C(OC1CCC2(CCCCCC2)C1=O)c1ccccc1. The van der Waals surface area contributed by atoms with Gasteiger partial charge in [0.1, 0.15) is 0 Å². The Morgan fingerprint density at radius 3 is 2.33 bits per heavy atom. The summed E-state index contributed by atoms with van der Waals surface area (Å²) in [6.45, 7) is 0. The molecule has 1 unspecified atom stereocenters. The molecule has 2 fully saturated rings. The van der Waals surface area contributed by atoms with E-state index in [0.717, 1.165) is 32.1 Å². The minimum Gasteiger partial charge on any atom is -0.451 e. The van der Waals surface area contributed by atoms with Crippen molar-refractivity contribution in [1.82, 2.24) is 0 Å². The van der Waals surface area contributed by atoms with Crippen molar-refractivity contribution in [1.29, 1.82) is 0 Å². The fourth-order valence-corrected chi connectivity index (χ4v) is 3.79. The molecule has 3 rings (SSSR count). The maximum atomic E-state index is 12.7. The highest BCUT2D eigenvalue weighted by atomic mass is 16.5. The molecule has 2 aliphatic rings. The third-order valence-electron chi connectivity index (χ3n) is 5.02. The van der Waals surface area contributed by atoms with E-state index in [1.807, 2.05) is 6.07 Å². The van der Waals surface area contributed by atoms with E-state index in [2.05, 4.69) is 0 Å². The molecule has 0 aromatic heterocycles. The van der Waals surface area contributed by atoms with Crippen LogP contribution >= 0.6 is 0 Å². The molecule has 0 radical (unpaired) electrons. The normalized spacial score (nSPS) is 24.8. The lowest BCUT2D eigenvalue weighted by molar-refractivity contribution is -0.133. The van der Waals surface area contributed by atoms with E-state index in [1.165, 1.54) is 12.8 Å². The summed E-state index contributed by atoms with van der Waals surface area (Å²) in [5.41, 5.74) is 0.324. The van der Waals surface area contributed by atoms with Crippen molar-refractivity contribution >= 4 is 11.8 Å². The van der Waals surface area contributed by atoms with Crippen LogP contribution in [0.1, 0.15) is 61.7 Å². The van der Waals surface area contributed by atoms with Gasteiger partial charge in [0, 0.05) is 5.41 Å². The van der Waals surface area contributed by atoms with Gasteiger partial charge in [0.2, 0.25) is 0 Å². The first kappa shape index (κ1) is 14.3.